The van der Waals surface area contributed by atoms with Crippen molar-refractivity contribution in [3.8, 4) is 16.9 Å². The van der Waals surface area contributed by atoms with Crippen molar-refractivity contribution >= 4 is 11.6 Å². The van der Waals surface area contributed by atoms with Crippen LogP contribution in [0.3, 0.4) is 0 Å². The van der Waals surface area contributed by atoms with Crippen LogP contribution in [0.1, 0.15) is 18.9 Å². The van der Waals surface area contributed by atoms with E-state index in [0.29, 0.717) is 18.9 Å². The molecule has 1 atom stereocenters. The third-order valence-corrected chi connectivity index (χ3v) is 5.70. The van der Waals surface area contributed by atoms with Crippen molar-refractivity contribution in [3.63, 3.8) is 0 Å². The summed E-state index contributed by atoms with van der Waals surface area (Å²) < 4.78 is 5.54. The number of nitrogens with zero attached hydrogens (tertiary/aromatic N) is 2. The molecule has 5 nitrogen and oxygen atoms in total. The number of aromatic hydroxyl groups is 1. The first-order chi connectivity index (χ1) is 15.7. The molecule has 32 heavy (non-hydrogen) atoms. The lowest BCUT2D eigenvalue weighted by molar-refractivity contribution is 0.0678. The van der Waals surface area contributed by atoms with Gasteiger partial charge in [0.1, 0.15) is 5.75 Å². The maximum atomic E-state index is 10.6. The van der Waals surface area contributed by atoms with Crippen molar-refractivity contribution in [1.29, 1.82) is 0 Å². The molecule has 1 aliphatic heterocycles. The van der Waals surface area contributed by atoms with E-state index in [0.717, 1.165) is 43.0 Å². The van der Waals surface area contributed by atoms with Gasteiger partial charge in [-0.15, -0.1) is 0 Å². The lowest BCUT2D eigenvalue weighted by Gasteiger charge is -2.31. The molecule has 3 aromatic carbocycles. The fourth-order valence-corrected chi connectivity index (χ4v) is 3.83. The standard InChI is InChI=1S/C27H31N3O2/c1-21(12-13-22-8-4-2-5-9-22)28-27(30-16-18-32-19-17-30)29-25-20-24(14-15-26(25)31)23-10-6-3-7-11-23/h2-11,14-15,20-21,31H,12-13,16-19H2,1H3,(H,28,29). The molecule has 1 aliphatic rings. The number of phenols is 1. The number of guanidine groups is 1. The number of rotatable bonds is 6. The van der Waals surface area contributed by atoms with Crippen LogP contribution < -0.4 is 5.32 Å². The van der Waals surface area contributed by atoms with Crippen LogP contribution in [0.5, 0.6) is 5.75 Å². The number of hydrogen-bond acceptors (Lipinski definition) is 3. The molecule has 4 rings (SSSR count). The summed E-state index contributed by atoms with van der Waals surface area (Å²) in [6.07, 6.45) is 1.94. The molecule has 1 fully saturated rings. The van der Waals surface area contributed by atoms with Crippen molar-refractivity contribution < 1.29 is 9.84 Å². The second kappa shape index (κ2) is 10.8. The van der Waals surface area contributed by atoms with Gasteiger partial charge >= 0.3 is 0 Å². The number of aliphatic imine (C=N–C) groups is 1. The molecular weight excluding hydrogens is 398 g/mol. The van der Waals surface area contributed by atoms with E-state index in [1.165, 1.54) is 5.56 Å². The minimum absolute atomic E-state index is 0.139. The van der Waals surface area contributed by atoms with Gasteiger partial charge in [-0.25, -0.2) is 4.99 Å². The van der Waals surface area contributed by atoms with Gasteiger partial charge in [-0.3, -0.25) is 0 Å². The summed E-state index contributed by atoms with van der Waals surface area (Å²) in [6.45, 7) is 5.04. The number of morpholine rings is 1. The highest BCUT2D eigenvalue weighted by atomic mass is 16.5. The van der Waals surface area contributed by atoms with E-state index >= 15 is 0 Å². The number of phenolic OH excluding ortho intramolecular Hbond substituents is 1. The highest BCUT2D eigenvalue weighted by Crippen LogP contribution is 2.30. The number of nitrogens with one attached hydrogen (secondary N) is 1. The van der Waals surface area contributed by atoms with Crippen LogP contribution in [0.15, 0.2) is 83.9 Å². The number of ether oxygens (including phenoxy) is 1. The molecule has 0 aliphatic carbocycles. The Bertz CT molecular complexity index is 1020. The summed E-state index contributed by atoms with van der Waals surface area (Å²) in [7, 11) is 0. The average Bonchev–Trinajstić information content (AvgIpc) is 2.85. The summed E-state index contributed by atoms with van der Waals surface area (Å²) in [5.41, 5.74) is 4.14. The average molecular weight is 430 g/mol. The Labute approximate surface area is 190 Å². The van der Waals surface area contributed by atoms with Gasteiger partial charge in [0, 0.05) is 13.1 Å². The van der Waals surface area contributed by atoms with E-state index in [9.17, 15) is 5.11 Å². The number of anilines is 1. The monoisotopic (exact) mass is 429 g/mol. The number of benzene rings is 3. The molecule has 0 bridgehead atoms. The smallest absolute Gasteiger partial charge is 0.198 e. The van der Waals surface area contributed by atoms with E-state index < -0.39 is 0 Å². The van der Waals surface area contributed by atoms with Gasteiger partial charge in [0.2, 0.25) is 0 Å². The highest BCUT2D eigenvalue weighted by molar-refractivity contribution is 5.96. The van der Waals surface area contributed by atoms with Crippen molar-refractivity contribution in [2.24, 2.45) is 4.99 Å². The molecule has 0 saturated carbocycles. The normalized spacial score (nSPS) is 15.4. The third kappa shape index (κ3) is 5.89. The zero-order valence-electron chi connectivity index (χ0n) is 18.6. The number of aryl methyl sites for hydroxylation is 1. The maximum absolute atomic E-state index is 10.6. The van der Waals surface area contributed by atoms with Crippen molar-refractivity contribution in [2.45, 2.75) is 25.8 Å². The van der Waals surface area contributed by atoms with E-state index in [1.54, 1.807) is 6.07 Å². The lowest BCUT2D eigenvalue weighted by atomic mass is 10.0. The Kier molecular flexibility index (Phi) is 7.41. The van der Waals surface area contributed by atoms with E-state index in [4.69, 9.17) is 9.73 Å². The van der Waals surface area contributed by atoms with E-state index in [2.05, 4.69) is 53.5 Å². The predicted octanol–water partition coefficient (Wildman–Crippen LogP) is 5.18. The van der Waals surface area contributed by atoms with Crippen molar-refractivity contribution in [2.75, 3.05) is 31.6 Å². The minimum Gasteiger partial charge on any atom is -0.506 e. The Hall–Kier alpha value is -3.31. The molecule has 0 amide bonds. The Morgan fingerprint density at radius 2 is 1.66 bits per heavy atom. The fraction of sp³-hybridized carbons (Fsp3) is 0.296. The van der Waals surface area contributed by atoms with Crippen LogP contribution >= 0.6 is 0 Å². The molecule has 0 radical (unpaired) electrons. The van der Waals surface area contributed by atoms with Gasteiger partial charge in [-0.2, -0.15) is 0 Å². The van der Waals surface area contributed by atoms with Crippen LogP contribution in [0.4, 0.5) is 5.69 Å². The Balaban J connectivity index is 1.54. The second-order valence-electron chi connectivity index (χ2n) is 8.15. The van der Waals surface area contributed by atoms with Gasteiger partial charge in [0.05, 0.1) is 24.9 Å². The molecule has 2 N–H and O–H groups in total. The topological polar surface area (TPSA) is 57.1 Å². The minimum atomic E-state index is 0.139. The predicted molar refractivity (Wildman–Crippen MR) is 131 cm³/mol. The van der Waals surface area contributed by atoms with Gasteiger partial charge in [0.15, 0.2) is 5.96 Å². The second-order valence-corrected chi connectivity index (χ2v) is 8.15. The molecule has 166 valence electrons. The molecular formula is C27H31N3O2. The SMILES string of the molecule is CC(CCc1ccccc1)N=C(Nc1cc(-c2ccccc2)ccc1O)N1CCOCC1. The quantitative estimate of drug-likeness (QED) is 0.322. The van der Waals surface area contributed by atoms with Crippen LogP contribution in [0, 0.1) is 0 Å². The molecule has 0 aromatic heterocycles. The molecule has 1 unspecified atom stereocenters. The van der Waals surface area contributed by atoms with Gasteiger partial charge in [0.25, 0.3) is 0 Å². The first-order valence-corrected chi connectivity index (χ1v) is 11.3. The molecule has 3 aromatic rings. The van der Waals surface area contributed by atoms with Gasteiger partial charge < -0.3 is 20.1 Å². The first kappa shape index (κ1) is 21.9. The van der Waals surface area contributed by atoms with Crippen LogP contribution in [0.25, 0.3) is 11.1 Å². The molecule has 1 heterocycles. The lowest BCUT2D eigenvalue weighted by Crippen LogP contribution is -2.44. The van der Waals surface area contributed by atoms with Crippen LogP contribution in [0.2, 0.25) is 0 Å². The van der Waals surface area contributed by atoms with Gasteiger partial charge in [-0.05, 0) is 48.6 Å². The first-order valence-electron chi connectivity index (χ1n) is 11.3. The third-order valence-electron chi connectivity index (χ3n) is 5.70. The summed E-state index contributed by atoms with van der Waals surface area (Å²) >= 11 is 0. The summed E-state index contributed by atoms with van der Waals surface area (Å²) in [4.78, 5) is 7.22. The largest absolute Gasteiger partial charge is 0.506 e. The van der Waals surface area contributed by atoms with E-state index in [1.807, 2.05) is 36.4 Å². The van der Waals surface area contributed by atoms with Crippen molar-refractivity contribution in [1.82, 2.24) is 4.90 Å². The fourth-order valence-electron chi connectivity index (χ4n) is 3.83. The zero-order chi connectivity index (χ0) is 22.2. The van der Waals surface area contributed by atoms with E-state index in [-0.39, 0.29) is 11.8 Å². The summed E-state index contributed by atoms with van der Waals surface area (Å²) in [5, 5.41) is 14.0. The Morgan fingerprint density at radius 1 is 0.969 bits per heavy atom. The number of hydrogen-bond donors (Lipinski definition) is 2. The summed E-state index contributed by atoms with van der Waals surface area (Å²) in [6, 6.07) is 26.5. The highest BCUT2D eigenvalue weighted by Gasteiger charge is 2.18. The Morgan fingerprint density at radius 3 is 2.38 bits per heavy atom. The van der Waals surface area contributed by atoms with Gasteiger partial charge in [-0.1, -0.05) is 66.7 Å². The van der Waals surface area contributed by atoms with Crippen LogP contribution in [-0.4, -0.2) is 48.3 Å². The molecule has 0 spiro atoms. The molecule has 1 saturated heterocycles. The zero-order valence-corrected chi connectivity index (χ0v) is 18.6. The van der Waals surface area contributed by atoms with Crippen molar-refractivity contribution in [3.05, 3.63) is 84.4 Å². The van der Waals surface area contributed by atoms with Crippen LogP contribution in [-0.2, 0) is 11.2 Å². The molecule has 5 heteroatoms. The summed E-state index contributed by atoms with van der Waals surface area (Å²) in [5.74, 6) is 0.997. The maximum Gasteiger partial charge on any atom is 0.198 e.